The Labute approximate surface area is 120 Å². The molecule has 1 aromatic rings. The molecule has 0 saturated heterocycles. The molecular formula is C13H19N3O5. The van der Waals surface area contributed by atoms with Gasteiger partial charge in [-0.15, -0.1) is 0 Å². The summed E-state index contributed by atoms with van der Waals surface area (Å²) >= 11 is 0. The van der Waals surface area contributed by atoms with Gasteiger partial charge < -0.3 is 15.4 Å². The molecule has 0 fully saturated rings. The number of nitrogens with one attached hydrogen (secondary N) is 3. The van der Waals surface area contributed by atoms with E-state index < -0.39 is 17.2 Å². The monoisotopic (exact) mass is 297 g/mol. The molecule has 0 radical (unpaired) electrons. The number of carboxylic acid groups (broad SMARTS) is 1. The van der Waals surface area contributed by atoms with Gasteiger partial charge in [-0.2, -0.15) is 0 Å². The van der Waals surface area contributed by atoms with E-state index in [1.807, 2.05) is 0 Å². The molecule has 1 amide bonds. The maximum atomic E-state index is 11.7. The van der Waals surface area contributed by atoms with Crippen LogP contribution < -0.4 is 16.6 Å². The molecule has 0 spiro atoms. The fourth-order valence-corrected chi connectivity index (χ4v) is 1.92. The van der Waals surface area contributed by atoms with Gasteiger partial charge in [0.2, 0.25) is 5.91 Å². The van der Waals surface area contributed by atoms with Crippen molar-refractivity contribution in [1.82, 2.24) is 15.3 Å². The average Bonchev–Trinajstić information content (AvgIpc) is 2.34. The second kappa shape index (κ2) is 7.41. The normalized spacial score (nSPS) is 11.9. The van der Waals surface area contributed by atoms with E-state index in [4.69, 9.17) is 5.11 Å². The van der Waals surface area contributed by atoms with Crippen molar-refractivity contribution in [1.29, 1.82) is 0 Å². The van der Waals surface area contributed by atoms with Crippen molar-refractivity contribution in [2.24, 2.45) is 0 Å². The zero-order chi connectivity index (χ0) is 16.0. The van der Waals surface area contributed by atoms with E-state index in [-0.39, 0.29) is 31.2 Å². The summed E-state index contributed by atoms with van der Waals surface area (Å²) in [4.78, 5) is 49.4. The number of carbonyl (C=O) groups excluding carboxylic acids is 1. The minimum absolute atomic E-state index is 0.0137. The molecule has 1 unspecified atom stereocenters. The molecule has 0 aliphatic rings. The van der Waals surface area contributed by atoms with Crippen LogP contribution in [0.3, 0.4) is 0 Å². The highest BCUT2D eigenvalue weighted by Crippen LogP contribution is 2.01. The van der Waals surface area contributed by atoms with Crippen LogP contribution in [-0.4, -0.2) is 33.0 Å². The van der Waals surface area contributed by atoms with Gasteiger partial charge in [-0.25, -0.2) is 4.79 Å². The first-order chi connectivity index (χ1) is 9.79. The number of aromatic amines is 2. The van der Waals surface area contributed by atoms with Crippen molar-refractivity contribution in [3.8, 4) is 0 Å². The van der Waals surface area contributed by atoms with Gasteiger partial charge in [-0.3, -0.25) is 19.4 Å². The van der Waals surface area contributed by atoms with E-state index in [1.165, 1.54) is 0 Å². The largest absolute Gasteiger partial charge is 0.481 e. The standard InChI is InChI=1S/C13H19N3O5/c1-7(3-6-11(18)19)14-10(17)5-4-9-8(2)15-13(21)16-12(9)20/h7H,3-6H2,1-2H3,(H,14,17)(H,18,19)(H2,15,16,20,21). The third-order valence-electron chi connectivity index (χ3n) is 3.06. The van der Waals surface area contributed by atoms with Gasteiger partial charge in [0.25, 0.3) is 5.56 Å². The molecule has 8 heteroatoms. The van der Waals surface area contributed by atoms with E-state index in [2.05, 4.69) is 15.3 Å². The summed E-state index contributed by atoms with van der Waals surface area (Å²) in [5, 5.41) is 11.2. The number of aromatic nitrogens is 2. The number of hydrogen-bond donors (Lipinski definition) is 4. The van der Waals surface area contributed by atoms with Crippen LogP contribution in [0.4, 0.5) is 0 Å². The molecule has 0 aromatic carbocycles. The molecule has 0 bridgehead atoms. The summed E-state index contributed by atoms with van der Waals surface area (Å²) in [7, 11) is 0. The lowest BCUT2D eigenvalue weighted by Crippen LogP contribution is -2.34. The van der Waals surface area contributed by atoms with Crippen molar-refractivity contribution in [3.05, 3.63) is 32.1 Å². The molecule has 0 aliphatic carbocycles. The lowest BCUT2D eigenvalue weighted by Gasteiger charge is -2.12. The van der Waals surface area contributed by atoms with Crippen molar-refractivity contribution >= 4 is 11.9 Å². The second-order valence-corrected chi connectivity index (χ2v) is 4.91. The number of carbonyl (C=O) groups is 2. The molecule has 0 aliphatic heterocycles. The average molecular weight is 297 g/mol. The fraction of sp³-hybridized carbons (Fsp3) is 0.538. The Morgan fingerprint density at radius 1 is 1.24 bits per heavy atom. The van der Waals surface area contributed by atoms with Gasteiger partial charge in [-0.1, -0.05) is 0 Å². The number of aliphatic carboxylic acids is 1. The number of aryl methyl sites for hydroxylation is 1. The third kappa shape index (κ3) is 5.64. The number of amides is 1. The number of rotatable bonds is 7. The molecule has 21 heavy (non-hydrogen) atoms. The quantitative estimate of drug-likeness (QED) is 0.547. The van der Waals surface area contributed by atoms with Crippen LogP contribution in [0.15, 0.2) is 9.59 Å². The molecular weight excluding hydrogens is 278 g/mol. The van der Waals surface area contributed by atoms with E-state index in [0.29, 0.717) is 17.7 Å². The van der Waals surface area contributed by atoms with Crippen LogP contribution in [-0.2, 0) is 16.0 Å². The van der Waals surface area contributed by atoms with Crippen molar-refractivity contribution in [2.45, 2.75) is 45.6 Å². The summed E-state index contributed by atoms with van der Waals surface area (Å²) in [5.74, 6) is -1.18. The fourth-order valence-electron chi connectivity index (χ4n) is 1.92. The van der Waals surface area contributed by atoms with Crippen LogP contribution >= 0.6 is 0 Å². The van der Waals surface area contributed by atoms with Gasteiger partial charge >= 0.3 is 11.7 Å². The third-order valence-corrected chi connectivity index (χ3v) is 3.06. The lowest BCUT2D eigenvalue weighted by atomic mass is 10.1. The SMILES string of the molecule is Cc1[nH]c(=O)[nH]c(=O)c1CCC(=O)NC(C)CCC(=O)O. The topological polar surface area (TPSA) is 132 Å². The van der Waals surface area contributed by atoms with Crippen LogP contribution in [0, 0.1) is 6.92 Å². The van der Waals surface area contributed by atoms with Crippen molar-refractivity contribution in [3.63, 3.8) is 0 Å². The van der Waals surface area contributed by atoms with Gasteiger partial charge in [0.15, 0.2) is 0 Å². The van der Waals surface area contributed by atoms with E-state index in [1.54, 1.807) is 13.8 Å². The molecule has 0 saturated carbocycles. The Balaban J connectivity index is 2.52. The molecule has 1 aromatic heterocycles. The van der Waals surface area contributed by atoms with Crippen LogP contribution in [0.1, 0.15) is 37.4 Å². The predicted molar refractivity (Wildman–Crippen MR) is 75.2 cm³/mol. The van der Waals surface area contributed by atoms with Crippen molar-refractivity contribution in [2.75, 3.05) is 0 Å². The summed E-state index contributed by atoms with van der Waals surface area (Å²) < 4.78 is 0. The first-order valence-electron chi connectivity index (χ1n) is 6.63. The molecule has 116 valence electrons. The maximum Gasteiger partial charge on any atom is 0.325 e. The van der Waals surface area contributed by atoms with E-state index >= 15 is 0 Å². The van der Waals surface area contributed by atoms with Crippen LogP contribution in [0.25, 0.3) is 0 Å². The Morgan fingerprint density at radius 2 is 1.90 bits per heavy atom. The Morgan fingerprint density at radius 3 is 2.48 bits per heavy atom. The minimum atomic E-state index is -0.911. The lowest BCUT2D eigenvalue weighted by molar-refractivity contribution is -0.137. The Hall–Kier alpha value is -2.38. The predicted octanol–water partition coefficient (Wildman–Crippen LogP) is -0.326. The smallest absolute Gasteiger partial charge is 0.325 e. The zero-order valence-electron chi connectivity index (χ0n) is 12.0. The molecule has 4 N–H and O–H groups in total. The maximum absolute atomic E-state index is 11.7. The first-order valence-corrected chi connectivity index (χ1v) is 6.63. The summed E-state index contributed by atoms with van der Waals surface area (Å²) in [6.45, 7) is 3.32. The second-order valence-electron chi connectivity index (χ2n) is 4.91. The summed E-state index contributed by atoms with van der Waals surface area (Å²) in [6.07, 6.45) is 0.627. The van der Waals surface area contributed by atoms with E-state index in [9.17, 15) is 19.2 Å². The summed E-state index contributed by atoms with van der Waals surface area (Å²) in [6, 6.07) is -0.247. The Bertz CT molecular complexity index is 631. The number of carboxylic acids is 1. The zero-order valence-corrected chi connectivity index (χ0v) is 12.0. The highest BCUT2D eigenvalue weighted by atomic mass is 16.4. The molecule has 1 rings (SSSR count). The highest BCUT2D eigenvalue weighted by Gasteiger charge is 2.12. The minimum Gasteiger partial charge on any atom is -0.481 e. The highest BCUT2D eigenvalue weighted by molar-refractivity contribution is 5.76. The van der Waals surface area contributed by atoms with Gasteiger partial charge in [0.1, 0.15) is 0 Å². The van der Waals surface area contributed by atoms with Gasteiger partial charge in [0, 0.05) is 30.1 Å². The first kappa shape index (κ1) is 16.7. The molecule has 1 atom stereocenters. The van der Waals surface area contributed by atoms with Gasteiger partial charge in [0.05, 0.1) is 0 Å². The van der Waals surface area contributed by atoms with Gasteiger partial charge in [-0.05, 0) is 26.7 Å². The number of H-pyrrole nitrogens is 2. The number of hydrogen-bond acceptors (Lipinski definition) is 4. The van der Waals surface area contributed by atoms with Crippen LogP contribution in [0.5, 0.6) is 0 Å². The molecule has 1 heterocycles. The summed E-state index contributed by atoms with van der Waals surface area (Å²) in [5.41, 5.74) is -0.269. The van der Waals surface area contributed by atoms with Crippen molar-refractivity contribution < 1.29 is 14.7 Å². The Kier molecular flexibility index (Phi) is 5.89. The van der Waals surface area contributed by atoms with Crippen LogP contribution in [0.2, 0.25) is 0 Å². The molecule has 8 nitrogen and oxygen atoms in total. The van der Waals surface area contributed by atoms with E-state index in [0.717, 1.165) is 0 Å².